The monoisotopic (exact) mass is 310 g/mol. The molecule has 0 unspecified atom stereocenters. The number of hydrogen-bond acceptors (Lipinski definition) is 4. The van der Waals surface area contributed by atoms with Crippen LogP contribution >= 0.6 is 0 Å². The molecule has 0 aliphatic rings. The molecule has 0 atom stereocenters. The van der Waals surface area contributed by atoms with Gasteiger partial charge in [0.2, 0.25) is 5.91 Å². The largest absolute Gasteiger partial charge is 0.462 e. The molecule has 0 saturated carbocycles. The lowest BCUT2D eigenvalue weighted by atomic mass is 10.2. The highest BCUT2D eigenvalue weighted by atomic mass is 16.5. The molecule has 0 radical (unpaired) electrons. The molecule has 0 spiro atoms. The number of aromatic nitrogens is 1. The highest BCUT2D eigenvalue weighted by molar-refractivity contribution is 6.02. The lowest BCUT2D eigenvalue weighted by Gasteiger charge is -2.05. The summed E-state index contributed by atoms with van der Waals surface area (Å²) < 4.78 is 5.04. The van der Waals surface area contributed by atoms with Crippen molar-refractivity contribution in [1.29, 1.82) is 0 Å². The Kier molecular flexibility index (Phi) is 6.06. The van der Waals surface area contributed by atoms with E-state index in [0.717, 1.165) is 6.42 Å². The molecule has 1 aromatic heterocycles. The van der Waals surface area contributed by atoms with Crippen LogP contribution in [0.5, 0.6) is 0 Å². The summed E-state index contributed by atoms with van der Waals surface area (Å²) in [5, 5.41) is 2.72. The molecule has 1 heterocycles. The minimum Gasteiger partial charge on any atom is -0.462 e. The first-order valence-corrected chi connectivity index (χ1v) is 7.36. The Morgan fingerprint density at radius 3 is 2.61 bits per heavy atom. The number of carbonyl (C=O) groups excluding carboxylic acids is 2. The molecule has 2 rings (SSSR count). The molecule has 0 bridgehead atoms. The van der Waals surface area contributed by atoms with Gasteiger partial charge in [-0.15, -0.1) is 0 Å². The van der Waals surface area contributed by atoms with Crippen LogP contribution in [-0.4, -0.2) is 23.5 Å². The average Bonchev–Trinajstić information content (AvgIpc) is 2.59. The molecule has 1 amide bonds. The predicted molar refractivity (Wildman–Crippen MR) is 88.9 cm³/mol. The van der Waals surface area contributed by atoms with E-state index >= 15 is 0 Å². The Morgan fingerprint density at radius 1 is 1.17 bits per heavy atom. The molecule has 5 nitrogen and oxygen atoms in total. The molecule has 5 heteroatoms. The number of carbonyl (C=O) groups is 2. The Labute approximate surface area is 135 Å². The summed E-state index contributed by atoms with van der Waals surface area (Å²) >= 11 is 0. The lowest BCUT2D eigenvalue weighted by Crippen LogP contribution is -2.09. The normalized spacial score (nSPS) is 10.5. The van der Waals surface area contributed by atoms with Crippen LogP contribution in [0.4, 0.5) is 5.69 Å². The highest BCUT2D eigenvalue weighted by Crippen LogP contribution is 2.11. The smallest absolute Gasteiger partial charge is 0.338 e. The fourth-order valence-electron chi connectivity index (χ4n) is 1.79. The van der Waals surface area contributed by atoms with E-state index in [1.165, 1.54) is 6.08 Å². The first-order chi connectivity index (χ1) is 11.2. The van der Waals surface area contributed by atoms with Crippen molar-refractivity contribution in [3.8, 4) is 0 Å². The number of ether oxygens (including phenoxy) is 1. The van der Waals surface area contributed by atoms with E-state index in [-0.39, 0.29) is 11.9 Å². The van der Waals surface area contributed by atoms with Crippen LogP contribution in [0.15, 0.2) is 54.7 Å². The predicted octanol–water partition coefficient (Wildman–Crippen LogP) is 3.30. The number of rotatable bonds is 6. The number of nitrogens with zero attached hydrogens (tertiary/aromatic N) is 1. The van der Waals surface area contributed by atoms with E-state index in [1.54, 1.807) is 42.6 Å². The SMILES string of the molecule is CCCOC(=O)c1ccc(NC(=O)/C=C/c2ccccn2)cc1. The Bertz CT molecular complexity index is 679. The maximum absolute atomic E-state index is 11.8. The van der Waals surface area contributed by atoms with Crippen molar-refractivity contribution < 1.29 is 14.3 Å². The van der Waals surface area contributed by atoms with Crippen molar-refractivity contribution in [2.75, 3.05) is 11.9 Å². The number of amides is 1. The van der Waals surface area contributed by atoms with Gasteiger partial charge < -0.3 is 10.1 Å². The third kappa shape index (κ3) is 5.39. The van der Waals surface area contributed by atoms with E-state index in [9.17, 15) is 9.59 Å². The Hall–Kier alpha value is -2.95. The van der Waals surface area contributed by atoms with Crippen molar-refractivity contribution in [3.63, 3.8) is 0 Å². The maximum atomic E-state index is 11.8. The first kappa shape index (κ1) is 16.4. The van der Waals surface area contributed by atoms with Crippen LogP contribution in [-0.2, 0) is 9.53 Å². The maximum Gasteiger partial charge on any atom is 0.338 e. The highest BCUT2D eigenvalue weighted by Gasteiger charge is 2.06. The van der Waals surface area contributed by atoms with E-state index in [1.807, 2.05) is 19.1 Å². The number of pyridine rings is 1. The van der Waals surface area contributed by atoms with Gasteiger partial charge in [-0.2, -0.15) is 0 Å². The molecule has 0 fully saturated rings. The zero-order valence-corrected chi connectivity index (χ0v) is 12.9. The number of nitrogens with one attached hydrogen (secondary N) is 1. The second-order valence-electron chi connectivity index (χ2n) is 4.79. The summed E-state index contributed by atoms with van der Waals surface area (Å²) in [6.45, 7) is 2.33. The van der Waals surface area contributed by atoms with E-state index in [0.29, 0.717) is 23.6 Å². The van der Waals surface area contributed by atoms with E-state index < -0.39 is 0 Å². The van der Waals surface area contributed by atoms with Gasteiger partial charge in [0.05, 0.1) is 17.9 Å². The van der Waals surface area contributed by atoms with Gasteiger partial charge in [0.25, 0.3) is 0 Å². The average molecular weight is 310 g/mol. The van der Waals surface area contributed by atoms with Crippen molar-refractivity contribution in [2.45, 2.75) is 13.3 Å². The summed E-state index contributed by atoms with van der Waals surface area (Å²) in [5.41, 5.74) is 1.77. The minimum absolute atomic E-state index is 0.267. The summed E-state index contributed by atoms with van der Waals surface area (Å²) in [6.07, 6.45) is 5.48. The fourth-order valence-corrected chi connectivity index (χ4v) is 1.79. The second-order valence-corrected chi connectivity index (χ2v) is 4.79. The van der Waals surface area contributed by atoms with Gasteiger partial charge in [-0.05, 0) is 48.9 Å². The van der Waals surface area contributed by atoms with Crippen molar-refractivity contribution >= 4 is 23.6 Å². The van der Waals surface area contributed by atoms with Crippen molar-refractivity contribution in [3.05, 3.63) is 66.0 Å². The van der Waals surface area contributed by atoms with Crippen LogP contribution in [0.3, 0.4) is 0 Å². The molecule has 118 valence electrons. The molecule has 23 heavy (non-hydrogen) atoms. The first-order valence-electron chi connectivity index (χ1n) is 7.36. The fraction of sp³-hybridized carbons (Fsp3) is 0.167. The zero-order chi connectivity index (χ0) is 16.5. The van der Waals surface area contributed by atoms with Crippen LogP contribution in [0.1, 0.15) is 29.4 Å². The third-order valence-electron chi connectivity index (χ3n) is 2.92. The standard InChI is InChI=1S/C18H18N2O3/c1-2-13-23-18(22)14-6-8-16(9-7-14)20-17(21)11-10-15-5-3-4-12-19-15/h3-12H,2,13H2,1H3,(H,20,21)/b11-10+. The minimum atomic E-state index is -0.361. The van der Waals surface area contributed by atoms with Crippen LogP contribution < -0.4 is 5.32 Å². The molecule has 1 N–H and O–H groups in total. The molecular formula is C18H18N2O3. The summed E-state index contributed by atoms with van der Waals surface area (Å²) in [4.78, 5) is 27.6. The molecule has 0 aliphatic heterocycles. The molecular weight excluding hydrogens is 292 g/mol. The Morgan fingerprint density at radius 2 is 1.96 bits per heavy atom. The molecule has 1 aromatic carbocycles. The van der Waals surface area contributed by atoms with Gasteiger partial charge in [0.15, 0.2) is 0 Å². The topological polar surface area (TPSA) is 68.3 Å². The van der Waals surface area contributed by atoms with Gasteiger partial charge in [0.1, 0.15) is 0 Å². The number of esters is 1. The Balaban J connectivity index is 1.91. The van der Waals surface area contributed by atoms with E-state index in [2.05, 4.69) is 10.3 Å². The summed E-state index contributed by atoms with van der Waals surface area (Å²) in [6, 6.07) is 12.0. The molecule has 0 aliphatic carbocycles. The molecule has 0 saturated heterocycles. The number of hydrogen-bond donors (Lipinski definition) is 1. The van der Waals surface area contributed by atoms with E-state index in [4.69, 9.17) is 4.74 Å². The van der Waals surface area contributed by atoms with Gasteiger partial charge in [-0.3, -0.25) is 9.78 Å². The molecule has 2 aromatic rings. The van der Waals surface area contributed by atoms with Crippen LogP contribution in [0, 0.1) is 0 Å². The zero-order valence-electron chi connectivity index (χ0n) is 12.9. The summed E-state index contributed by atoms with van der Waals surface area (Å²) in [7, 11) is 0. The van der Waals surface area contributed by atoms with Crippen LogP contribution in [0.2, 0.25) is 0 Å². The number of benzene rings is 1. The van der Waals surface area contributed by atoms with Crippen LogP contribution in [0.25, 0.3) is 6.08 Å². The quantitative estimate of drug-likeness (QED) is 0.656. The van der Waals surface area contributed by atoms with Crippen molar-refractivity contribution in [2.24, 2.45) is 0 Å². The number of anilines is 1. The van der Waals surface area contributed by atoms with Gasteiger partial charge in [-0.1, -0.05) is 13.0 Å². The third-order valence-corrected chi connectivity index (χ3v) is 2.92. The van der Waals surface area contributed by atoms with Gasteiger partial charge in [0, 0.05) is 18.0 Å². The van der Waals surface area contributed by atoms with Crippen molar-refractivity contribution in [1.82, 2.24) is 4.98 Å². The lowest BCUT2D eigenvalue weighted by molar-refractivity contribution is -0.111. The van der Waals surface area contributed by atoms with Gasteiger partial charge in [-0.25, -0.2) is 4.79 Å². The summed E-state index contributed by atoms with van der Waals surface area (Å²) in [5.74, 6) is -0.628. The second kappa shape index (κ2) is 8.48. The van der Waals surface area contributed by atoms with Gasteiger partial charge >= 0.3 is 5.97 Å².